The van der Waals surface area contributed by atoms with Gasteiger partial charge in [0.2, 0.25) is 11.2 Å². The van der Waals surface area contributed by atoms with Crippen molar-refractivity contribution in [2.75, 3.05) is 0 Å². The van der Waals surface area contributed by atoms with Crippen molar-refractivity contribution in [2.24, 2.45) is 0 Å². The van der Waals surface area contributed by atoms with Crippen molar-refractivity contribution in [3.63, 3.8) is 0 Å². The van der Waals surface area contributed by atoms with E-state index in [1.54, 1.807) is 18.2 Å². The zero-order valence-electron chi connectivity index (χ0n) is 8.12. The zero-order chi connectivity index (χ0) is 12.4. The van der Waals surface area contributed by atoms with E-state index in [0.717, 1.165) is 0 Å². The van der Waals surface area contributed by atoms with Crippen LogP contribution in [-0.2, 0) is 0 Å². The van der Waals surface area contributed by atoms with Crippen LogP contribution >= 0.6 is 50.7 Å². The lowest BCUT2D eigenvalue weighted by Gasteiger charge is -2.07. The van der Waals surface area contributed by atoms with Gasteiger partial charge < -0.3 is 4.74 Å². The van der Waals surface area contributed by atoms with Gasteiger partial charge in [-0.15, -0.1) is 0 Å². The van der Waals surface area contributed by atoms with Gasteiger partial charge in [-0.25, -0.2) is 4.98 Å². The molecule has 1 aromatic carbocycles. The lowest BCUT2D eigenvalue weighted by atomic mass is 10.3. The summed E-state index contributed by atoms with van der Waals surface area (Å²) in [7, 11) is 0. The minimum Gasteiger partial charge on any atom is -0.438 e. The van der Waals surface area contributed by atoms with Crippen LogP contribution in [0.5, 0.6) is 11.6 Å². The molecule has 0 unspecified atom stereocenters. The van der Waals surface area contributed by atoms with Crippen LogP contribution in [0.4, 0.5) is 0 Å². The molecule has 0 radical (unpaired) electrons. The lowest BCUT2D eigenvalue weighted by Crippen LogP contribution is -1.91. The Balaban J connectivity index is 2.34. The molecule has 0 atom stereocenters. The first-order chi connectivity index (χ1) is 8.04. The second kappa shape index (κ2) is 5.40. The van der Waals surface area contributed by atoms with Crippen LogP contribution in [-0.4, -0.2) is 9.97 Å². The maximum absolute atomic E-state index is 5.85. The molecule has 0 saturated carbocycles. The molecule has 7 heteroatoms. The SMILES string of the molecule is Clc1cc(Cl)cc(Oc2nc(Cl)ncc2Br)c1. The van der Waals surface area contributed by atoms with E-state index in [9.17, 15) is 0 Å². The van der Waals surface area contributed by atoms with Crippen LogP contribution < -0.4 is 4.74 Å². The number of hydrogen-bond acceptors (Lipinski definition) is 3. The second-order valence-electron chi connectivity index (χ2n) is 3.00. The van der Waals surface area contributed by atoms with Gasteiger partial charge in [0, 0.05) is 16.2 Å². The molecule has 0 N–H and O–H groups in total. The highest BCUT2D eigenvalue weighted by Crippen LogP contribution is 2.31. The van der Waals surface area contributed by atoms with E-state index in [1.165, 1.54) is 6.20 Å². The molecule has 0 bridgehead atoms. The number of halogens is 4. The fourth-order valence-corrected chi connectivity index (χ4v) is 2.01. The number of hydrogen-bond donors (Lipinski definition) is 0. The van der Waals surface area contributed by atoms with Gasteiger partial charge in [0.15, 0.2) is 0 Å². The van der Waals surface area contributed by atoms with Crippen molar-refractivity contribution < 1.29 is 4.74 Å². The molecule has 3 nitrogen and oxygen atoms in total. The summed E-state index contributed by atoms with van der Waals surface area (Å²) in [5.41, 5.74) is 0. The molecule has 0 amide bonds. The highest BCUT2D eigenvalue weighted by Gasteiger charge is 2.07. The van der Waals surface area contributed by atoms with E-state index in [4.69, 9.17) is 39.5 Å². The first kappa shape index (κ1) is 12.9. The number of aromatic nitrogens is 2. The van der Waals surface area contributed by atoms with Crippen LogP contribution in [0.2, 0.25) is 15.3 Å². The fourth-order valence-electron chi connectivity index (χ4n) is 1.10. The van der Waals surface area contributed by atoms with Crippen LogP contribution in [0, 0.1) is 0 Å². The van der Waals surface area contributed by atoms with E-state index in [1.807, 2.05) is 0 Å². The number of rotatable bonds is 2. The quantitative estimate of drug-likeness (QED) is 0.713. The molecule has 1 heterocycles. The highest BCUT2D eigenvalue weighted by molar-refractivity contribution is 9.10. The third kappa shape index (κ3) is 3.45. The van der Waals surface area contributed by atoms with Gasteiger partial charge in [-0.3, -0.25) is 0 Å². The molecular formula is C10H4BrCl3N2O. The molecule has 17 heavy (non-hydrogen) atoms. The summed E-state index contributed by atoms with van der Waals surface area (Å²) in [6.45, 7) is 0. The summed E-state index contributed by atoms with van der Waals surface area (Å²) < 4.78 is 6.08. The van der Waals surface area contributed by atoms with Crippen LogP contribution in [0.25, 0.3) is 0 Å². The summed E-state index contributed by atoms with van der Waals surface area (Å²) >= 11 is 20.6. The Morgan fingerprint density at radius 2 is 1.71 bits per heavy atom. The first-order valence-electron chi connectivity index (χ1n) is 4.36. The predicted molar refractivity (Wildman–Crippen MR) is 71.3 cm³/mol. The molecule has 2 rings (SSSR count). The first-order valence-corrected chi connectivity index (χ1v) is 6.29. The Hall–Kier alpha value is -0.550. The van der Waals surface area contributed by atoms with Crippen molar-refractivity contribution in [1.82, 2.24) is 9.97 Å². The number of benzene rings is 1. The van der Waals surface area contributed by atoms with Gasteiger partial charge >= 0.3 is 0 Å². The summed E-state index contributed by atoms with van der Waals surface area (Å²) in [6.07, 6.45) is 1.50. The Kier molecular flexibility index (Phi) is 4.09. The monoisotopic (exact) mass is 352 g/mol. The number of ether oxygens (including phenoxy) is 1. The third-order valence-electron chi connectivity index (χ3n) is 1.73. The molecule has 0 saturated heterocycles. The molecule has 88 valence electrons. The molecule has 1 aromatic heterocycles. The standard InChI is InChI=1S/C10H4BrCl3N2O/c11-8-4-15-10(14)16-9(8)17-7-2-5(12)1-6(13)3-7/h1-4H. The third-order valence-corrected chi connectivity index (χ3v) is 2.90. The van der Waals surface area contributed by atoms with Crippen molar-refractivity contribution in [2.45, 2.75) is 0 Å². The minimum atomic E-state index is 0.0938. The van der Waals surface area contributed by atoms with E-state index in [2.05, 4.69) is 25.9 Å². The largest absolute Gasteiger partial charge is 0.438 e. The van der Waals surface area contributed by atoms with Gasteiger partial charge in [0.05, 0.1) is 4.47 Å². The molecule has 0 aliphatic rings. The maximum atomic E-state index is 5.85. The smallest absolute Gasteiger partial charge is 0.237 e. The Morgan fingerprint density at radius 1 is 1.06 bits per heavy atom. The summed E-state index contributed by atoms with van der Waals surface area (Å²) in [5.74, 6) is 0.765. The molecule has 0 fully saturated rings. The molecule has 0 spiro atoms. The predicted octanol–water partition coefficient (Wildman–Crippen LogP) is 4.99. The summed E-state index contributed by atoms with van der Waals surface area (Å²) in [5, 5.41) is 1.05. The summed E-state index contributed by atoms with van der Waals surface area (Å²) in [4.78, 5) is 7.72. The Bertz CT molecular complexity index is 545. The van der Waals surface area contributed by atoms with Crippen LogP contribution in [0.15, 0.2) is 28.9 Å². The van der Waals surface area contributed by atoms with E-state index in [0.29, 0.717) is 26.1 Å². The van der Waals surface area contributed by atoms with E-state index < -0.39 is 0 Å². The van der Waals surface area contributed by atoms with Crippen LogP contribution in [0.3, 0.4) is 0 Å². The van der Waals surface area contributed by atoms with Gasteiger partial charge in [0.1, 0.15) is 5.75 Å². The Labute approximate surface area is 121 Å². The lowest BCUT2D eigenvalue weighted by molar-refractivity contribution is 0.458. The Morgan fingerprint density at radius 3 is 2.35 bits per heavy atom. The molecule has 0 aliphatic heterocycles. The molecular weight excluding hydrogens is 350 g/mol. The fraction of sp³-hybridized carbons (Fsp3) is 0. The second-order valence-corrected chi connectivity index (χ2v) is 5.06. The van der Waals surface area contributed by atoms with Crippen molar-refractivity contribution in [3.05, 3.63) is 44.2 Å². The molecule has 0 aliphatic carbocycles. The average Bonchev–Trinajstić information content (AvgIpc) is 2.22. The van der Waals surface area contributed by atoms with Gasteiger partial charge in [-0.2, -0.15) is 4.98 Å². The van der Waals surface area contributed by atoms with Crippen molar-refractivity contribution in [3.8, 4) is 11.6 Å². The van der Waals surface area contributed by atoms with E-state index >= 15 is 0 Å². The molecule has 2 aromatic rings. The highest BCUT2D eigenvalue weighted by atomic mass is 79.9. The van der Waals surface area contributed by atoms with Crippen molar-refractivity contribution >= 4 is 50.7 Å². The van der Waals surface area contributed by atoms with Gasteiger partial charge in [-0.1, -0.05) is 23.2 Å². The zero-order valence-corrected chi connectivity index (χ0v) is 12.0. The normalized spacial score (nSPS) is 10.4. The minimum absolute atomic E-state index is 0.0938. The van der Waals surface area contributed by atoms with Crippen molar-refractivity contribution in [1.29, 1.82) is 0 Å². The maximum Gasteiger partial charge on any atom is 0.237 e. The topological polar surface area (TPSA) is 35.0 Å². The van der Waals surface area contributed by atoms with Gasteiger partial charge in [-0.05, 0) is 45.7 Å². The summed E-state index contributed by atoms with van der Waals surface area (Å²) in [6, 6.07) is 4.85. The average molecular weight is 354 g/mol. The van der Waals surface area contributed by atoms with Gasteiger partial charge in [0.25, 0.3) is 0 Å². The van der Waals surface area contributed by atoms with E-state index in [-0.39, 0.29) is 5.28 Å². The number of nitrogens with zero attached hydrogens (tertiary/aromatic N) is 2. The van der Waals surface area contributed by atoms with Crippen LogP contribution in [0.1, 0.15) is 0 Å².